The molecule has 15 heavy (non-hydrogen) atoms. The van der Waals surface area contributed by atoms with Crippen molar-refractivity contribution >= 4 is 6.98 Å². The molecule has 5 unspecified atom stereocenters. The molecule has 5 atom stereocenters. The molecule has 0 radical (unpaired) electrons. The first-order chi connectivity index (χ1) is 6.96. The molecule has 0 aromatic heterocycles. The normalized spacial score (nSPS) is 49.2. The zero-order chi connectivity index (χ0) is 10.8. The molecule has 2 aliphatic carbocycles. The maximum atomic E-state index is 12.4. The summed E-state index contributed by atoms with van der Waals surface area (Å²) in [5, 5.41) is 9.87. The van der Waals surface area contributed by atoms with Crippen LogP contribution in [0.2, 0.25) is 0 Å². The van der Waals surface area contributed by atoms with Crippen LogP contribution in [0.15, 0.2) is 0 Å². The number of likely N-dealkylation sites (tertiary alicyclic amines) is 1. The van der Waals surface area contributed by atoms with Crippen LogP contribution < -0.4 is 0 Å². The van der Waals surface area contributed by atoms with E-state index in [-0.39, 0.29) is 12.0 Å². The maximum Gasteiger partial charge on any atom is 0.492 e. The summed E-state index contributed by atoms with van der Waals surface area (Å²) in [4.78, 5) is 1.48. The smallest absolute Gasteiger partial charge is 0.448 e. The molecule has 0 aromatic carbocycles. The van der Waals surface area contributed by atoms with Crippen LogP contribution in [-0.2, 0) is 0 Å². The summed E-state index contributed by atoms with van der Waals surface area (Å²) >= 11 is 0. The first kappa shape index (κ1) is 9.96. The minimum atomic E-state index is -4.75. The van der Waals surface area contributed by atoms with E-state index < -0.39 is 19.5 Å². The molecule has 1 saturated heterocycles. The Morgan fingerprint density at radius 2 is 1.93 bits per heavy atom. The summed E-state index contributed by atoms with van der Waals surface area (Å²) < 4.78 is 37.1. The lowest BCUT2D eigenvalue weighted by molar-refractivity contribution is 0.0542. The standard InChI is InChI=1S/C9H14BF3NO/c11-10(12,13)4-14-3-6-1-5-2-7(6)8(14)9(5)15/h5-9,15H,1-4H2/q-1. The summed E-state index contributed by atoms with van der Waals surface area (Å²) in [7, 11) is 0. The summed E-state index contributed by atoms with van der Waals surface area (Å²) in [6, 6.07) is -0.197. The van der Waals surface area contributed by atoms with Crippen molar-refractivity contribution in [1.29, 1.82) is 0 Å². The van der Waals surface area contributed by atoms with Gasteiger partial charge in [-0.25, -0.2) is 0 Å². The van der Waals surface area contributed by atoms with E-state index in [0.29, 0.717) is 18.4 Å². The maximum absolute atomic E-state index is 12.4. The number of hydrogen-bond acceptors (Lipinski definition) is 2. The lowest BCUT2D eigenvalue weighted by Crippen LogP contribution is -2.46. The van der Waals surface area contributed by atoms with Crippen molar-refractivity contribution in [3.63, 3.8) is 0 Å². The molecule has 1 heterocycles. The Morgan fingerprint density at radius 1 is 1.20 bits per heavy atom. The number of halogens is 3. The number of nitrogens with zero attached hydrogens (tertiary/aromatic N) is 1. The van der Waals surface area contributed by atoms with Gasteiger partial charge in [-0.05, 0) is 43.6 Å². The summed E-state index contributed by atoms with van der Waals surface area (Å²) in [5.41, 5.74) is 0. The third-order valence-corrected chi connectivity index (χ3v) is 4.39. The van der Waals surface area contributed by atoms with Crippen molar-refractivity contribution in [1.82, 2.24) is 4.90 Å². The van der Waals surface area contributed by atoms with Gasteiger partial charge in [-0.15, -0.1) is 0 Å². The molecule has 0 amide bonds. The fraction of sp³-hybridized carbons (Fsp3) is 1.00. The second-order valence-electron chi connectivity index (χ2n) is 5.30. The highest BCUT2D eigenvalue weighted by Gasteiger charge is 2.59. The highest BCUT2D eigenvalue weighted by molar-refractivity contribution is 6.58. The van der Waals surface area contributed by atoms with Crippen LogP contribution in [-0.4, -0.2) is 42.1 Å². The van der Waals surface area contributed by atoms with Gasteiger partial charge in [-0.1, -0.05) is 0 Å². The fourth-order valence-electron chi connectivity index (χ4n) is 4.01. The fourth-order valence-corrected chi connectivity index (χ4v) is 4.01. The average molecular weight is 220 g/mol. The predicted molar refractivity (Wildman–Crippen MR) is 50.1 cm³/mol. The van der Waals surface area contributed by atoms with Gasteiger partial charge < -0.3 is 23.0 Å². The van der Waals surface area contributed by atoms with Gasteiger partial charge in [0.2, 0.25) is 0 Å². The molecule has 3 rings (SSSR count). The third-order valence-electron chi connectivity index (χ3n) is 4.39. The van der Waals surface area contributed by atoms with Crippen LogP contribution in [0.25, 0.3) is 0 Å². The molecule has 3 aliphatic rings. The second kappa shape index (κ2) is 2.91. The summed E-state index contributed by atoms with van der Waals surface area (Å²) in [5.74, 6) is 1.03. The molecule has 1 aliphatic heterocycles. The van der Waals surface area contributed by atoms with Gasteiger partial charge in [-0.3, -0.25) is 0 Å². The number of aliphatic hydroxyl groups excluding tert-OH is 1. The van der Waals surface area contributed by atoms with Gasteiger partial charge in [0.15, 0.2) is 0 Å². The molecule has 1 N–H and O–H groups in total. The minimum Gasteiger partial charge on any atom is -0.448 e. The SMILES string of the molecule is OC1C2CC3CN(C[B-](F)(F)F)C1C3C2. The molecule has 2 bridgehead atoms. The van der Waals surface area contributed by atoms with Crippen LogP contribution in [0.3, 0.4) is 0 Å². The predicted octanol–water partition coefficient (Wildman–Crippen LogP) is 1.07. The molecule has 2 saturated carbocycles. The van der Waals surface area contributed by atoms with Crippen LogP contribution in [0, 0.1) is 17.8 Å². The molecule has 2 nitrogen and oxygen atoms in total. The third kappa shape index (κ3) is 1.41. The zero-order valence-corrected chi connectivity index (χ0v) is 8.32. The quantitative estimate of drug-likeness (QED) is 0.703. The lowest BCUT2D eigenvalue weighted by Gasteiger charge is -2.32. The minimum absolute atomic E-state index is 0.197. The summed E-state index contributed by atoms with van der Waals surface area (Å²) in [6.45, 7) is -4.21. The van der Waals surface area contributed by atoms with E-state index in [1.165, 1.54) is 4.90 Å². The van der Waals surface area contributed by atoms with E-state index in [1.54, 1.807) is 0 Å². The van der Waals surface area contributed by atoms with Gasteiger partial charge in [0.05, 0.1) is 6.10 Å². The van der Waals surface area contributed by atoms with Crippen molar-refractivity contribution in [3.8, 4) is 0 Å². The Labute approximate surface area is 86.5 Å². The van der Waals surface area contributed by atoms with Gasteiger partial charge in [0, 0.05) is 6.04 Å². The zero-order valence-electron chi connectivity index (χ0n) is 8.32. The average Bonchev–Trinajstić information content (AvgIpc) is 2.61. The van der Waals surface area contributed by atoms with Crippen molar-refractivity contribution in [2.75, 3.05) is 13.0 Å². The number of rotatable bonds is 2. The first-order valence-corrected chi connectivity index (χ1v) is 5.59. The van der Waals surface area contributed by atoms with E-state index in [2.05, 4.69) is 0 Å². The van der Waals surface area contributed by atoms with E-state index >= 15 is 0 Å². The van der Waals surface area contributed by atoms with E-state index in [9.17, 15) is 18.1 Å². The Bertz CT molecular complexity index is 283. The largest absolute Gasteiger partial charge is 0.492 e. The van der Waals surface area contributed by atoms with Gasteiger partial charge in [-0.2, -0.15) is 0 Å². The molecule has 0 aromatic rings. The van der Waals surface area contributed by atoms with Crippen molar-refractivity contribution < 1.29 is 18.1 Å². The highest BCUT2D eigenvalue weighted by atomic mass is 19.4. The van der Waals surface area contributed by atoms with Gasteiger partial charge in [0.25, 0.3) is 0 Å². The van der Waals surface area contributed by atoms with Crippen molar-refractivity contribution in [2.45, 2.75) is 25.0 Å². The number of aliphatic hydroxyl groups is 1. The van der Waals surface area contributed by atoms with Crippen molar-refractivity contribution in [2.24, 2.45) is 17.8 Å². The molecular weight excluding hydrogens is 206 g/mol. The van der Waals surface area contributed by atoms with Crippen molar-refractivity contribution in [3.05, 3.63) is 0 Å². The topological polar surface area (TPSA) is 23.5 Å². The summed E-state index contributed by atoms with van der Waals surface area (Å²) in [6.07, 6.45) is 0.579. The van der Waals surface area contributed by atoms with E-state index in [4.69, 9.17) is 0 Å². The Morgan fingerprint density at radius 3 is 2.53 bits per heavy atom. The Balaban J connectivity index is 1.78. The molecule has 86 valence electrons. The Kier molecular flexibility index (Phi) is 1.94. The molecule has 0 spiro atoms. The Hall–Kier alpha value is -0.225. The second-order valence-corrected chi connectivity index (χ2v) is 5.30. The van der Waals surface area contributed by atoms with E-state index in [0.717, 1.165) is 12.8 Å². The van der Waals surface area contributed by atoms with Gasteiger partial charge >= 0.3 is 6.98 Å². The highest BCUT2D eigenvalue weighted by Crippen LogP contribution is 2.55. The van der Waals surface area contributed by atoms with Crippen LogP contribution in [0.1, 0.15) is 12.8 Å². The van der Waals surface area contributed by atoms with Crippen LogP contribution in [0.4, 0.5) is 12.9 Å². The lowest BCUT2D eigenvalue weighted by atomic mass is 9.87. The first-order valence-electron chi connectivity index (χ1n) is 5.59. The van der Waals surface area contributed by atoms with E-state index in [1.807, 2.05) is 0 Å². The molecule has 6 heteroatoms. The monoisotopic (exact) mass is 220 g/mol. The number of fused-ring (bicyclic) bond motifs is 1. The molecular formula is C9H14BF3NO-. The van der Waals surface area contributed by atoms with Gasteiger partial charge in [0.1, 0.15) is 0 Å². The van der Waals surface area contributed by atoms with Crippen LogP contribution >= 0.6 is 0 Å². The molecule has 3 fully saturated rings. The van der Waals surface area contributed by atoms with Crippen LogP contribution in [0.5, 0.6) is 0 Å². The number of hydrogen-bond donors (Lipinski definition) is 1.